The van der Waals surface area contributed by atoms with Crippen molar-refractivity contribution in [3.05, 3.63) is 86.5 Å². The number of benzene rings is 1. The van der Waals surface area contributed by atoms with E-state index in [1.807, 2.05) is 146 Å². The molecule has 720 valence electrons. The molecule has 1 N–H and O–H groups in total. The summed E-state index contributed by atoms with van der Waals surface area (Å²) in [6.07, 6.45) is 17.3. The topological polar surface area (TPSA) is 374 Å². The third-order valence-electron chi connectivity index (χ3n) is 21.1. The number of amides is 6. The number of aliphatic hydroxyl groups is 1. The SMILES string of the molecule is C=CC[C@@H]1CC[C@@H](C(=O)OC(C)(C)C)N1C(=O)C(=O)OC.C=CC[C@@H]1CC[C@@H](C(=O)OC(C)(C)C)N1C(=O)C=O.C=CC[C@@H]1CC[C@@H](C(=O)OC(C)(C)C)N1C(=O)CO.C=CC[C@@H]1CC[C@@H](C(=O)OC(C)(C)C)N1C(=O)OC(C)(C)C.CC(C)(C)OC(=O)[C@@H]1CCC2C[C@H]3CON(Cc4ccccc4)C3C(=O)N21.CC1CC[C@@H](C(=O)OC(C)(C)C)N1C(=O)OC(C)(C)C. The fourth-order valence-corrected chi connectivity index (χ4v) is 16.4. The number of carbonyl (C=O) groups is 14. The van der Waals surface area contributed by atoms with Crippen molar-refractivity contribution >= 4 is 83.9 Å². The summed E-state index contributed by atoms with van der Waals surface area (Å²) >= 11 is 0. The molecule has 6 amide bonds. The Kier molecular flexibility index (Phi) is 40.9. The molecule has 8 fully saturated rings. The number of methoxy groups -OCH3 is 1. The summed E-state index contributed by atoms with van der Waals surface area (Å²) in [6.45, 7) is 60.5. The van der Waals surface area contributed by atoms with Gasteiger partial charge in [-0.1, -0.05) is 54.6 Å². The van der Waals surface area contributed by atoms with E-state index in [1.165, 1.54) is 24.5 Å². The molecule has 1 aromatic carbocycles. The molecular formula is C96H151N7O25. The number of hydrogen-bond acceptors (Lipinski definition) is 26. The van der Waals surface area contributed by atoms with Crippen molar-refractivity contribution in [1.29, 1.82) is 0 Å². The lowest BCUT2D eigenvalue weighted by Gasteiger charge is -2.40. The van der Waals surface area contributed by atoms with Crippen molar-refractivity contribution in [2.24, 2.45) is 5.92 Å². The Morgan fingerprint density at radius 1 is 0.422 bits per heavy atom. The van der Waals surface area contributed by atoms with Crippen LogP contribution < -0.4 is 0 Å². The molecule has 9 rings (SSSR count). The van der Waals surface area contributed by atoms with Gasteiger partial charge < -0.3 is 67.3 Å². The molecule has 0 spiro atoms. The van der Waals surface area contributed by atoms with Crippen LogP contribution in [0.2, 0.25) is 0 Å². The standard InChI is InChI=1S/C21H28N2O4.C17H29NO4.C15H23NO5.C15H27NO4.C14H23NO4.C14H21NO4/c1-21(2,3)27-20(25)17-10-9-16-11-15-13-26-22(18(15)19(24)23(16)17)12-14-7-5-4-6-8-14;1-8-9-12-10-11-13(14(19)21-16(2,3)4)18(12)15(20)22-17(5,6)7;1-6-7-10-8-9-11(13(18)21-15(2,3)4)16(10)12(17)14(19)20-5;1-10-8-9-11(12(17)19-14(2,3)4)16(10)13(18)20-15(5,6)7;2*1-5-6-10-7-8-11(15(10)12(17)9-16)13(18)19-14(2,3)4/h4-8,15-18H,9-13H2,1-3H3;8,12-13H,1,9-11H2,2-7H3;6,10-11H,1,7-9H2,2-5H3;10-11H,8-9H2,1-7H3;5,10-11,16H,1,6-9H2,2-4H3;5,9-11H,1,6-8H2,2-4H3/t15-,16?,17-,18?;12-,13+;10-,11+;10?,11-;2*10-,11+/m011011/s1. The van der Waals surface area contributed by atoms with E-state index in [-0.39, 0.29) is 78.3 Å². The van der Waals surface area contributed by atoms with Crippen molar-refractivity contribution in [1.82, 2.24) is 34.5 Å². The number of likely N-dealkylation sites (tertiary alicyclic amines) is 5. The van der Waals surface area contributed by atoms with Crippen LogP contribution in [0.5, 0.6) is 0 Å². The van der Waals surface area contributed by atoms with E-state index in [4.69, 9.17) is 47.8 Å². The highest BCUT2D eigenvalue weighted by molar-refractivity contribution is 6.33. The van der Waals surface area contributed by atoms with Gasteiger partial charge >= 0.3 is 59.9 Å². The fourth-order valence-electron chi connectivity index (χ4n) is 16.4. The first-order chi connectivity index (χ1) is 59.0. The van der Waals surface area contributed by atoms with Gasteiger partial charge in [0.15, 0.2) is 0 Å². The van der Waals surface area contributed by atoms with Crippen LogP contribution in [0.15, 0.2) is 81.0 Å². The molecule has 8 aliphatic heterocycles. The molecule has 14 atom stereocenters. The van der Waals surface area contributed by atoms with Crippen molar-refractivity contribution < 1.29 is 120 Å². The summed E-state index contributed by atoms with van der Waals surface area (Å²) in [6, 6.07) is 5.69. The number of hydroxylamine groups is 2. The minimum absolute atomic E-state index is 0.0117. The van der Waals surface area contributed by atoms with Crippen molar-refractivity contribution in [3.8, 4) is 0 Å². The highest BCUT2D eigenvalue weighted by Gasteiger charge is 2.56. The zero-order chi connectivity index (χ0) is 97.5. The maximum absolute atomic E-state index is 13.4. The second kappa shape index (κ2) is 47.3. The molecule has 32 heteroatoms. The number of esters is 7. The number of fused-ring (bicyclic) bond motifs is 2. The molecule has 8 saturated heterocycles. The first-order valence-corrected chi connectivity index (χ1v) is 44.7. The molecule has 1 aromatic rings. The highest BCUT2D eigenvalue weighted by atomic mass is 16.7. The first-order valence-electron chi connectivity index (χ1n) is 44.7. The highest BCUT2D eigenvalue weighted by Crippen LogP contribution is 2.42. The molecule has 8 aliphatic rings. The van der Waals surface area contributed by atoms with Crippen molar-refractivity contribution in [3.63, 3.8) is 0 Å². The second-order valence-electron chi connectivity index (χ2n) is 41.3. The van der Waals surface area contributed by atoms with Gasteiger partial charge in [-0.05, 0) is 288 Å². The number of nitrogens with zero attached hydrogens (tertiary/aromatic N) is 7. The van der Waals surface area contributed by atoms with E-state index >= 15 is 0 Å². The Bertz CT molecular complexity index is 4000. The van der Waals surface area contributed by atoms with E-state index in [1.54, 1.807) is 91.5 Å². The summed E-state index contributed by atoms with van der Waals surface area (Å²) in [4.78, 5) is 185. The molecule has 0 aromatic heterocycles. The number of ether oxygens (including phenoxy) is 9. The van der Waals surface area contributed by atoms with E-state index in [0.29, 0.717) is 90.2 Å². The molecule has 0 bridgehead atoms. The predicted octanol–water partition coefficient (Wildman–Crippen LogP) is 13.5. The van der Waals surface area contributed by atoms with Gasteiger partial charge in [0.2, 0.25) is 18.1 Å². The second-order valence-corrected chi connectivity index (χ2v) is 41.3. The maximum atomic E-state index is 13.4. The van der Waals surface area contributed by atoms with Crippen LogP contribution in [0.1, 0.15) is 288 Å². The average Bonchev–Trinajstić information content (AvgIpc) is 1.59. The van der Waals surface area contributed by atoms with Gasteiger partial charge in [0.05, 0.1) is 13.7 Å². The molecule has 8 heterocycles. The quantitative estimate of drug-likeness (QED) is 0.0469. The maximum Gasteiger partial charge on any atom is 0.411 e. The van der Waals surface area contributed by atoms with Gasteiger partial charge in [-0.2, -0.15) is 5.06 Å². The number of piperidine rings is 1. The van der Waals surface area contributed by atoms with Crippen molar-refractivity contribution in [2.45, 2.75) is 412 Å². The van der Waals surface area contributed by atoms with Crippen LogP contribution in [-0.4, -0.2) is 267 Å². The minimum atomic E-state index is -0.973. The van der Waals surface area contributed by atoms with Crippen LogP contribution >= 0.6 is 0 Å². The average molecular weight is 1800 g/mol. The van der Waals surface area contributed by atoms with Crippen LogP contribution in [0, 0.1) is 5.92 Å². The van der Waals surface area contributed by atoms with Crippen LogP contribution in [0.25, 0.3) is 0 Å². The fraction of sp³-hybridized carbons (Fsp3) is 0.708. The Labute approximate surface area is 759 Å². The van der Waals surface area contributed by atoms with E-state index in [2.05, 4.69) is 31.1 Å². The summed E-state index contributed by atoms with van der Waals surface area (Å²) in [5.41, 5.74) is -3.58. The van der Waals surface area contributed by atoms with Gasteiger partial charge in [0.1, 0.15) is 93.7 Å². The van der Waals surface area contributed by atoms with Crippen molar-refractivity contribution in [2.75, 3.05) is 20.3 Å². The van der Waals surface area contributed by atoms with Crippen LogP contribution in [0.4, 0.5) is 9.59 Å². The Morgan fingerprint density at radius 3 is 1.11 bits per heavy atom. The monoisotopic (exact) mass is 1800 g/mol. The molecule has 32 nitrogen and oxygen atoms in total. The van der Waals surface area contributed by atoms with E-state index < -0.39 is 141 Å². The number of aliphatic hydroxyl groups excluding tert-OH is 1. The third-order valence-corrected chi connectivity index (χ3v) is 21.1. The third kappa shape index (κ3) is 34.7. The van der Waals surface area contributed by atoms with E-state index in [0.717, 1.165) is 44.8 Å². The van der Waals surface area contributed by atoms with Gasteiger partial charge in [-0.3, -0.25) is 38.6 Å². The predicted molar refractivity (Wildman–Crippen MR) is 479 cm³/mol. The molecule has 0 radical (unpaired) electrons. The molecule has 0 aliphatic carbocycles. The smallest absolute Gasteiger partial charge is 0.411 e. The normalized spacial score (nSPS) is 24.5. The Balaban J connectivity index is 0.000000323. The molecule has 3 unspecified atom stereocenters. The number of aldehydes is 1. The molecule has 0 saturated carbocycles. The summed E-state index contributed by atoms with van der Waals surface area (Å²) in [5.74, 6) is -5.03. The van der Waals surface area contributed by atoms with Gasteiger partial charge in [-0.15, -0.1) is 26.3 Å². The summed E-state index contributed by atoms with van der Waals surface area (Å²) in [5, 5.41) is 10.9. The largest absolute Gasteiger partial charge is 0.462 e. The molecular weight excluding hydrogens is 1650 g/mol. The van der Waals surface area contributed by atoms with Gasteiger partial charge in [-0.25, -0.2) is 43.2 Å². The van der Waals surface area contributed by atoms with Crippen LogP contribution in [-0.2, 0) is 112 Å². The lowest BCUT2D eigenvalue weighted by Crippen LogP contribution is -2.58. The summed E-state index contributed by atoms with van der Waals surface area (Å²) < 4.78 is 47.7. The zero-order valence-electron chi connectivity index (χ0n) is 81.2. The van der Waals surface area contributed by atoms with E-state index in [9.17, 15) is 67.1 Å². The Morgan fingerprint density at radius 2 is 0.742 bits per heavy atom. The molecule has 128 heavy (non-hydrogen) atoms. The number of carbonyl (C=O) groups excluding carboxylic acids is 14. The zero-order valence-corrected chi connectivity index (χ0v) is 81.2. The Hall–Kier alpha value is -9.56. The summed E-state index contributed by atoms with van der Waals surface area (Å²) in [7, 11) is 1.14. The lowest BCUT2D eigenvalue weighted by molar-refractivity contribution is -0.176. The first kappa shape index (κ1) is 111. The number of hydrogen-bond donors (Lipinski definition) is 1. The van der Waals surface area contributed by atoms with Crippen LogP contribution in [0.3, 0.4) is 0 Å². The van der Waals surface area contributed by atoms with Gasteiger partial charge in [0, 0.05) is 48.7 Å². The lowest BCUT2D eigenvalue weighted by atomic mass is 9.87. The number of rotatable bonds is 18. The van der Waals surface area contributed by atoms with Gasteiger partial charge in [0.25, 0.3) is 5.91 Å². The minimum Gasteiger partial charge on any atom is -0.462 e.